The summed E-state index contributed by atoms with van der Waals surface area (Å²) in [6, 6.07) is 1.28. The van der Waals surface area contributed by atoms with Gasteiger partial charge in [0.2, 0.25) is 0 Å². The first kappa shape index (κ1) is 16.0. The molecular formula is C15H22F3N. The quantitative estimate of drug-likeness (QED) is 0.756. The first-order chi connectivity index (χ1) is 8.88. The number of halogens is 3. The summed E-state index contributed by atoms with van der Waals surface area (Å²) in [4.78, 5) is 0. The standard InChI is InChI=1S/C15H22F3N/c1-5-6-19-15(10(4)9(2)3)11-7-13(17)14(18)8-12(11)16/h7-10,15,19H,5-6H2,1-4H3. The molecule has 0 spiro atoms. The predicted molar refractivity (Wildman–Crippen MR) is 71.4 cm³/mol. The van der Waals surface area contributed by atoms with Crippen LogP contribution in [0.5, 0.6) is 0 Å². The van der Waals surface area contributed by atoms with Crippen LogP contribution in [-0.4, -0.2) is 6.54 Å². The highest BCUT2D eigenvalue weighted by molar-refractivity contribution is 5.24. The fourth-order valence-electron chi connectivity index (χ4n) is 2.04. The van der Waals surface area contributed by atoms with Crippen molar-refractivity contribution in [3.63, 3.8) is 0 Å². The average molecular weight is 273 g/mol. The molecule has 0 saturated carbocycles. The molecular weight excluding hydrogens is 251 g/mol. The van der Waals surface area contributed by atoms with Gasteiger partial charge in [-0.05, 0) is 30.9 Å². The number of benzene rings is 1. The molecule has 0 amide bonds. The number of hydrogen-bond acceptors (Lipinski definition) is 1. The van der Waals surface area contributed by atoms with Crippen LogP contribution in [0.3, 0.4) is 0 Å². The van der Waals surface area contributed by atoms with Crippen molar-refractivity contribution in [1.29, 1.82) is 0 Å². The van der Waals surface area contributed by atoms with E-state index in [0.717, 1.165) is 12.5 Å². The predicted octanol–water partition coefficient (Wildman–Crippen LogP) is 4.44. The van der Waals surface area contributed by atoms with E-state index >= 15 is 0 Å². The zero-order chi connectivity index (χ0) is 14.6. The lowest BCUT2D eigenvalue weighted by molar-refractivity contribution is 0.295. The summed E-state index contributed by atoms with van der Waals surface area (Å²) in [5.74, 6) is -2.42. The van der Waals surface area contributed by atoms with Gasteiger partial charge in [-0.1, -0.05) is 27.7 Å². The smallest absolute Gasteiger partial charge is 0.161 e. The fourth-order valence-corrected chi connectivity index (χ4v) is 2.04. The van der Waals surface area contributed by atoms with E-state index in [1.54, 1.807) is 0 Å². The molecule has 2 unspecified atom stereocenters. The Balaban J connectivity index is 3.13. The summed E-state index contributed by atoms with van der Waals surface area (Å²) in [7, 11) is 0. The van der Waals surface area contributed by atoms with Crippen molar-refractivity contribution in [2.24, 2.45) is 11.8 Å². The second kappa shape index (κ2) is 6.94. The lowest BCUT2D eigenvalue weighted by Gasteiger charge is -2.29. The molecule has 1 rings (SSSR count). The first-order valence-corrected chi connectivity index (χ1v) is 6.76. The van der Waals surface area contributed by atoms with E-state index < -0.39 is 17.5 Å². The zero-order valence-corrected chi connectivity index (χ0v) is 11.9. The van der Waals surface area contributed by atoms with Gasteiger partial charge in [0.15, 0.2) is 11.6 Å². The van der Waals surface area contributed by atoms with Gasteiger partial charge in [-0.3, -0.25) is 0 Å². The van der Waals surface area contributed by atoms with E-state index in [-0.39, 0.29) is 17.5 Å². The van der Waals surface area contributed by atoms with Gasteiger partial charge in [0.1, 0.15) is 5.82 Å². The third kappa shape index (κ3) is 3.96. The van der Waals surface area contributed by atoms with Gasteiger partial charge >= 0.3 is 0 Å². The number of rotatable bonds is 6. The minimum Gasteiger partial charge on any atom is -0.310 e. The third-order valence-corrected chi connectivity index (χ3v) is 3.57. The van der Waals surface area contributed by atoms with E-state index in [4.69, 9.17) is 0 Å². The number of hydrogen-bond donors (Lipinski definition) is 1. The second-order valence-electron chi connectivity index (χ2n) is 5.32. The Labute approximate surface area is 113 Å². The van der Waals surface area contributed by atoms with Crippen molar-refractivity contribution in [3.8, 4) is 0 Å². The van der Waals surface area contributed by atoms with E-state index in [2.05, 4.69) is 5.32 Å². The SMILES string of the molecule is CCCNC(c1cc(F)c(F)cc1F)C(C)C(C)C. The van der Waals surface area contributed by atoms with Gasteiger partial charge < -0.3 is 5.32 Å². The van der Waals surface area contributed by atoms with Crippen molar-refractivity contribution in [1.82, 2.24) is 5.32 Å². The highest BCUT2D eigenvalue weighted by Crippen LogP contribution is 2.30. The Hall–Kier alpha value is -1.03. The van der Waals surface area contributed by atoms with Crippen molar-refractivity contribution >= 4 is 0 Å². The molecule has 1 N–H and O–H groups in total. The fraction of sp³-hybridized carbons (Fsp3) is 0.600. The van der Waals surface area contributed by atoms with Crippen molar-refractivity contribution in [2.75, 3.05) is 6.54 Å². The Morgan fingerprint density at radius 1 is 1.00 bits per heavy atom. The van der Waals surface area contributed by atoms with Crippen LogP contribution < -0.4 is 5.32 Å². The molecule has 1 aromatic carbocycles. The van der Waals surface area contributed by atoms with E-state index in [0.29, 0.717) is 18.5 Å². The minimum absolute atomic E-state index is 0.117. The molecule has 1 aromatic rings. The maximum atomic E-state index is 13.9. The summed E-state index contributed by atoms with van der Waals surface area (Å²) < 4.78 is 40.2. The Bertz CT molecular complexity index is 418. The van der Waals surface area contributed by atoms with E-state index in [9.17, 15) is 13.2 Å². The lowest BCUT2D eigenvalue weighted by Crippen LogP contribution is -2.31. The second-order valence-corrected chi connectivity index (χ2v) is 5.32. The summed E-state index contributed by atoms with van der Waals surface area (Å²) in [5.41, 5.74) is 0.202. The highest BCUT2D eigenvalue weighted by Gasteiger charge is 2.25. The average Bonchev–Trinajstić information content (AvgIpc) is 2.35. The van der Waals surface area contributed by atoms with Gasteiger partial charge in [-0.15, -0.1) is 0 Å². The van der Waals surface area contributed by atoms with Crippen LogP contribution in [0.2, 0.25) is 0 Å². The molecule has 0 aliphatic heterocycles. The lowest BCUT2D eigenvalue weighted by atomic mass is 9.85. The maximum absolute atomic E-state index is 13.9. The molecule has 0 aromatic heterocycles. The van der Waals surface area contributed by atoms with Crippen LogP contribution in [-0.2, 0) is 0 Å². The third-order valence-electron chi connectivity index (χ3n) is 3.57. The zero-order valence-electron chi connectivity index (χ0n) is 11.9. The van der Waals surface area contributed by atoms with Crippen LogP contribution in [0.25, 0.3) is 0 Å². The summed E-state index contributed by atoms with van der Waals surface area (Å²) in [5, 5.41) is 3.23. The van der Waals surface area contributed by atoms with Gasteiger partial charge in [0, 0.05) is 17.7 Å². The molecule has 0 radical (unpaired) electrons. The molecule has 0 aliphatic carbocycles. The molecule has 0 aliphatic rings. The largest absolute Gasteiger partial charge is 0.310 e. The molecule has 108 valence electrons. The molecule has 0 heterocycles. The van der Waals surface area contributed by atoms with Crippen molar-refractivity contribution < 1.29 is 13.2 Å². The van der Waals surface area contributed by atoms with Gasteiger partial charge in [-0.25, -0.2) is 13.2 Å². The molecule has 1 nitrogen and oxygen atoms in total. The Morgan fingerprint density at radius 3 is 2.11 bits per heavy atom. The summed E-state index contributed by atoms with van der Waals surface area (Å²) in [6.45, 7) is 8.76. The monoisotopic (exact) mass is 273 g/mol. The molecule has 0 saturated heterocycles. The van der Waals surface area contributed by atoms with E-state index in [1.807, 2.05) is 27.7 Å². The Kier molecular flexibility index (Phi) is 5.85. The van der Waals surface area contributed by atoms with Gasteiger partial charge in [0.05, 0.1) is 0 Å². The van der Waals surface area contributed by atoms with Gasteiger partial charge in [-0.2, -0.15) is 0 Å². The van der Waals surface area contributed by atoms with Crippen LogP contribution in [0, 0.1) is 29.3 Å². The van der Waals surface area contributed by atoms with Gasteiger partial charge in [0.25, 0.3) is 0 Å². The first-order valence-electron chi connectivity index (χ1n) is 6.76. The molecule has 0 fully saturated rings. The van der Waals surface area contributed by atoms with E-state index in [1.165, 1.54) is 0 Å². The van der Waals surface area contributed by atoms with Crippen molar-refractivity contribution in [2.45, 2.75) is 40.2 Å². The maximum Gasteiger partial charge on any atom is 0.161 e. The van der Waals surface area contributed by atoms with Crippen molar-refractivity contribution in [3.05, 3.63) is 35.1 Å². The summed E-state index contributed by atoms with van der Waals surface area (Å²) in [6.07, 6.45) is 0.895. The minimum atomic E-state index is -1.15. The van der Waals surface area contributed by atoms with Crippen LogP contribution in [0.15, 0.2) is 12.1 Å². The topological polar surface area (TPSA) is 12.0 Å². The molecule has 4 heteroatoms. The Morgan fingerprint density at radius 2 is 1.58 bits per heavy atom. The molecule has 0 bridgehead atoms. The molecule has 2 atom stereocenters. The summed E-state index contributed by atoms with van der Waals surface area (Å²) >= 11 is 0. The normalized spacial score (nSPS) is 14.7. The van der Waals surface area contributed by atoms with Crippen LogP contribution >= 0.6 is 0 Å². The molecule has 19 heavy (non-hydrogen) atoms. The number of nitrogens with one attached hydrogen (secondary N) is 1. The highest BCUT2D eigenvalue weighted by atomic mass is 19.2. The van der Waals surface area contributed by atoms with Crippen LogP contribution in [0.1, 0.15) is 45.7 Å². The van der Waals surface area contributed by atoms with Crippen LogP contribution in [0.4, 0.5) is 13.2 Å².